The maximum Gasteiger partial charge on any atom is 0.194 e. The normalized spacial score (nSPS) is 11.5. The Morgan fingerprint density at radius 2 is 2.29 bits per heavy atom. The van der Waals surface area contributed by atoms with Gasteiger partial charge in [-0.2, -0.15) is 0 Å². The predicted molar refractivity (Wildman–Crippen MR) is 53.3 cm³/mol. The topological polar surface area (TPSA) is 60.4 Å². The van der Waals surface area contributed by atoms with Crippen molar-refractivity contribution in [2.45, 2.75) is 4.21 Å². The van der Waals surface area contributed by atoms with Gasteiger partial charge in [0, 0.05) is 7.11 Å². The summed E-state index contributed by atoms with van der Waals surface area (Å²) >= 11 is 1.11. The first-order valence-electron chi connectivity index (χ1n) is 3.83. The fourth-order valence-corrected chi connectivity index (χ4v) is 3.24. The molecule has 0 aliphatic heterocycles. The largest absolute Gasteiger partial charge is 0.377 e. The number of hydrogen-bond donors (Lipinski definition) is 0. The van der Waals surface area contributed by atoms with Crippen LogP contribution in [-0.2, 0) is 19.4 Å². The highest BCUT2D eigenvalue weighted by Crippen LogP contribution is 2.17. The van der Waals surface area contributed by atoms with Crippen molar-refractivity contribution in [1.82, 2.24) is 0 Å². The molecule has 0 aliphatic carbocycles. The zero-order chi connectivity index (χ0) is 10.6. The van der Waals surface area contributed by atoms with Crippen LogP contribution in [0, 0.1) is 0 Å². The number of Topliss-reactive ketones (excluding diaryl/α,β-unsaturated/α-hetero) is 1. The van der Waals surface area contributed by atoms with Gasteiger partial charge >= 0.3 is 0 Å². The molecule has 0 N–H and O–H groups in total. The molecule has 0 amide bonds. The van der Waals surface area contributed by atoms with Gasteiger partial charge in [-0.05, 0) is 11.4 Å². The van der Waals surface area contributed by atoms with E-state index >= 15 is 0 Å². The number of carbonyl (C=O) groups is 1. The molecule has 0 unspecified atom stereocenters. The lowest BCUT2D eigenvalue weighted by molar-refractivity contribution is -0.120. The van der Waals surface area contributed by atoms with Crippen molar-refractivity contribution in [2.75, 3.05) is 19.5 Å². The maximum absolute atomic E-state index is 11.5. The zero-order valence-corrected chi connectivity index (χ0v) is 9.23. The minimum absolute atomic E-state index is 0.162. The molecule has 0 fully saturated rings. The van der Waals surface area contributed by atoms with Crippen LogP contribution in [0.4, 0.5) is 0 Å². The van der Waals surface area contributed by atoms with E-state index in [4.69, 9.17) is 0 Å². The van der Waals surface area contributed by atoms with Crippen LogP contribution in [-0.4, -0.2) is 33.7 Å². The highest BCUT2D eigenvalue weighted by atomic mass is 32.2. The standard InChI is InChI=1S/C8H10O4S2/c1-12-5-7(9)6-14(10,11)8-3-2-4-13-8/h2-4H,5-6H2,1H3. The summed E-state index contributed by atoms with van der Waals surface area (Å²) in [5, 5.41) is 1.66. The maximum atomic E-state index is 11.5. The predicted octanol–water partition coefficient (Wildman–Crippen LogP) is 0.737. The van der Waals surface area contributed by atoms with Gasteiger partial charge < -0.3 is 4.74 Å². The number of sulfone groups is 1. The van der Waals surface area contributed by atoms with E-state index in [1.807, 2.05) is 0 Å². The SMILES string of the molecule is COCC(=O)CS(=O)(=O)c1cccs1. The van der Waals surface area contributed by atoms with Gasteiger partial charge in [0.2, 0.25) is 0 Å². The Morgan fingerprint density at radius 1 is 1.57 bits per heavy atom. The number of ether oxygens (including phenoxy) is 1. The van der Waals surface area contributed by atoms with E-state index in [1.165, 1.54) is 13.2 Å². The van der Waals surface area contributed by atoms with Crippen LogP contribution in [0.25, 0.3) is 0 Å². The quantitative estimate of drug-likeness (QED) is 0.754. The Morgan fingerprint density at radius 3 is 2.79 bits per heavy atom. The lowest BCUT2D eigenvalue weighted by Gasteiger charge is -1.99. The van der Waals surface area contributed by atoms with Crippen molar-refractivity contribution >= 4 is 27.0 Å². The number of rotatable bonds is 5. The summed E-state index contributed by atoms with van der Waals surface area (Å²) in [6.45, 7) is -0.162. The number of ketones is 1. The van der Waals surface area contributed by atoms with Crippen molar-refractivity contribution in [3.8, 4) is 0 Å². The van der Waals surface area contributed by atoms with Crippen LogP contribution in [0.2, 0.25) is 0 Å². The average Bonchev–Trinajstić information content (AvgIpc) is 2.54. The Labute approximate surface area is 86.4 Å². The zero-order valence-electron chi connectivity index (χ0n) is 7.60. The van der Waals surface area contributed by atoms with Gasteiger partial charge in [0.15, 0.2) is 15.6 Å². The molecule has 14 heavy (non-hydrogen) atoms. The molecular weight excluding hydrogens is 224 g/mol. The average molecular weight is 234 g/mol. The van der Waals surface area contributed by atoms with E-state index < -0.39 is 21.4 Å². The molecule has 4 nitrogen and oxygen atoms in total. The molecule has 0 spiro atoms. The first-order chi connectivity index (χ1) is 6.56. The summed E-state index contributed by atoms with van der Waals surface area (Å²) in [4.78, 5) is 11.1. The highest BCUT2D eigenvalue weighted by molar-refractivity contribution is 7.94. The van der Waals surface area contributed by atoms with Crippen LogP contribution in [0.15, 0.2) is 21.7 Å². The van der Waals surface area contributed by atoms with Gasteiger partial charge in [0.1, 0.15) is 16.6 Å². The molecule has 1 aromatic rings. The first kappa shape index (κ1) is 11.4. The van der Waals surface area contributed by atoms with Crippen LogP contribution in [0.3, 0.4) is 0 Å². The summed E-state index contributed by atoms with van der Waals surface area (Å²) in [6.07, 6.45) is 0. The van der Waals surface area contributed by atoms with E-state index in [0.29, 0.717) is 0 Å². The lowest BCUT2D eigenvalue weighted by atomic mass is 10.5. The van der Waals surface area contributed by atoms with Gasteiger partial charge in [-0.1, -0.05) is 6.07 Å². The molecule has 0 saturated carbocycles. The molecule has 1 heterocycles. The van der Waals surface area contributed by atoms with Crippen molar-refractivity contribution in [1.29, 1.82) is 0 Å². The van der Waals surface area contributed by atoms with Crippen molar-refractivity contribution in [3.63, 3.8) is 0 Å². The number of carbonyl (C=O) groups excluding carboxylic acids is 1. The fourth-order valence-electron chi connectivity index (χ4n) is 0.926. The van der Waals surface area contributed by atoms with E-state index in [0.717, 1.165) is 11.3 Å². The van der Waals surface area contributed by atoms with E-state index in [-0.39, 0.29) is 10.8 Å². The molecule has 78 valence electrons. The van der Waals surface area contributed by atoms with Crippen molar-refractivity contribution in [3.05, 3.63) is 17.5 Å². The third-order valence-electron chi connectivity index (χ3n) is 1.46. The van der Waals surface area contributed by atoms with Gasteiger partial charge in [-0.15, -0.1) is 11.3 Å². The Hall–Kier alpha value is -0.720. The molecule has 1 rings (SSSR count). The Balaban J connectivity index is 2.74. The number of thiophene rings is 1. The van der Waals surface area contributed by atoms with Crippen LogP contribution < -0.4 is 0 Å². The van der Waals surface area contributed by atoms with Gasteiger partial charge in [-0.3, -0.25) is 4.79 Å². The van der Waals surface area contributed by atoms with Crippen LogP contribution in [0.1, 0.15) is 0 Å². The molecule has 0 atom stereocenters. The molecule has 6 heteroatoms. The molecular formula is C8H10O4S2. The molecule has 0 aromatic carbocycles. The highest BCUT2D eigenvalue weighted by Gasteiger charge is 2.19. The Bertz CT molecular complexity index is 391. The lowest BCUT2D eigenvalue weighted by Crippen LogP contribution is -2.19. The van der Waals surface area contributed by atoms with E-state index in [9.17, 15) is 13.2 Å². The second-order valence-corrected chi connectivity index (χ2v) is 5.83. The smallest absolute Gasteiger partial charge is 0.194 e. The molecule has 0 bridgehead atoms. The van der Waals surface area contributed by atoms with Gasteiger partial charge in [0.25, 0.3) is 0 Å². The van der Waals surface area contributed by atoms with Crippen molar-refractivity contribution < 1.29 is 17.9 Å². The molecule has 0 saturated heterocycles. The number of hydrogen-bond acceptors (Lipinski definition) is 5. The van der Waals surface area contributed by atoms with E-state index in [2.05, 4.69) is 4.74 Å². The molecule has 0 aliphatic rings. The summed E-state index contributed by atoms with van der Waals surface area (Å²) in [5.74, 6) is -0.914. The first-order valence-corrected chi connectivity index (χ1v) is 6.36. The molecule has 1 aromatic heterocycles. The monoisotopic (exact) mass is 234 g/mol. The summed E-state index contributed by atoms with van der Waals surface area (Å²) in [5.41, 5.74) is 0. The minimum Gasteiger partial charge on any atom is -0.377 e. The second-order valence-electron chi connectivity index (χ2n) is 2.66. The van der Waals surface area contributed by atoms with Crippen LogP contribution in [0.5, 0.6) is 0 Å². The van der Waals surface area contributed by atoms with E-state index in [1.54, 1.807) is 11.4 Å². The summed E-state index contributed by atoms with van der Waals surface area (Å²) in [6, 6.07) is 3.12. The number of methoxy groups -OCH3 is 1. The summed E-state index contributed by atoms with van der Waals surface area (Å²) in [7, 11) is -2.09. The fraction of sp³-hybridized carbons (Fsp3) is 0.375. The molecule has 0 radical (unpaired) electrons. The minimum atomic E-state index is -3.45. The third kappa shape index (κ3) is 2.90. The third-order valence-corrected chi connectivity index (χ3v) is 4.62. The van der Waals surface area contributed by atoms with Crippen molar-refractivity contribution in [2.24, 2.45) is 0 Å². The second kappa shape index (κ2) is 4.68. The van der Waals surface area contributed by atoms with Crippen LogP contribution >= 0.6 is 11.3 Å². The Kier molecular flexibility index (Phi) is 3.79. The van der Waals surface area contributed by atoms with Gasteiger partial charge in [0.05, 0.1) is 0 Å². The summed E-state index contributed by atoms with van der Waals surface area (Å²) < 4.78 is 27.8. The van der Waals surface area contributed by atoms with Gasteiger partial charge in [-0.25, -0.2) is 8.42 Å².